The van der Waals surface area contributed by atoms with E-state index in [9.17, 15) is 20.4 Å². The molecule has 0 bridgehead atoms. The van der Waals surface area contributed by atoms with E-state index in [0.29, 0.717) is 0 Å². The molecule has 0 aliphatic rings. The van der Waals surface area contributed by atoms with Crippen LogP contribution in [0.1, 0.15) is 0 Å². The molecule has 0 aliphatic carbocycles. The number of aromatic nitrogens is 4. The summed E-state index contributed by atoms with van der Waals surface area (Å²) in [7, 11) is 0.750. The van der Waals surface area contributed by atoms with E-state index in [4.69, 9.17) is 51.5 Å². The fourth-order valence-corrected chi connectivity index (χ4v) is 2.18. The van der Waals surface area contributed by atoms with E-state index < -0.39 is 0 Å². The van der Waals surface area contributed by atoms with Crippen molar-refractivity contribution in [3.8, 4) is 23.5 Å². The van der Waals surface area contributed by atoms with Crippen molar-refractivity contribution in [2.75, 3.05) is 7.11 Å². The maximum absolute atomic E-state index is 10.3. The topological polar surface area (TPSA) is 167 Å². The van der Waals surface area contributed by atoms with Gasteiger partial charge in [0.2, 0.25) is 0 Å². The molecule has 4 heterocycles. The third kappa shape index (κ3) is 21.4. The van der Waals surface area contributed by atoms with Gasteiger partial charge in [-0.1, -0.05) is 94.9 Å². The second-order valence-corrected chi connectivity index (χ2v) is 6.74. The van der Waals surface area contributed by atoms with Crippen LogP contribution in [0.3, 0.4) is 0 Å². The van der Waals surface area contributed by atoms with E-state index in [2.05, 4.69) is 19.9 Å². The summed E-state index contributed by atoms with van der Waals surface area (Å²) in [6.07, 6.45) is 0. The summed E-state index contributed by atoms with van der Waals surface area (Å²) in [6.45, 7) is 0. The second kappa shape index (κ2) is 23.6. The van der Waals surface area contributed by atoms with Crippen molar-refractivity contribution in [1.29, 1.82) is 0 Å². The Morgan fingerprint density at radius 1 is 0.444 bits per heavy atom. The van der Waals surface area contributed by atoms with Crippen molar-refractivity contribution in [1.82, 2.24) is 19.9 Å². The zero-order valence-corrected chi connectivity index (χ0v) is 24.5. The molecule has 0 spiro atoms. The molecular weight excluding hydrogens is 732 g/mol. The van der Waals surface area contributed by atoms with Crippen LogP contribution in [0.5, 0.6) is 23.5 Å². The summed E-state index contributed by atoms with van der Waals surface area (Å²) < 4.78 is 0. The maximum Gasteiger partial charge on any atom is 3.00 e. The molecule has 0 aromatic carbocycles. The molecule has 0 unspecified atom stereocenters. The van der Waals surface area contributed by atoms with Gasteiger partial charge in [0.15, 0.2) is 0 Å². The van der Waals surface area contributed by atoms with E-state index in [1.807, 2.05) is 0 Å². The predicted octanol–water partition coefficient (Wildman–Crippen LogP) is 2.21. The van der Waals surface area contributed by atoms with Crippen LogP contribution in [0.15, 0.2) is 72.8 Å². The Bertz CT molecular complexity index is 878. The van der Waals surface area contributed by atoms with Crippen molar-refractivity contribution in [2.24, 2.45) is 0 Å². The van der Waals surface area contributed by atoms with E-state index in [-0.39, 0.29) is 83.1 Å². The van der Waals surface area contributed by atoms with Gasteiger partial charge in [-0.25, -0.2) is 0 Å². The Kier molecular flexibility index (Phi) is 25.3. The molecular formula is C21H15Cl4N4O5Ru2. The second-order valence-electron chi connectivity index (χ2n) is 5.19. The minimum atomic E-state index is -0.294. The quantitative estimate of drug-likeness (QED) is 0.194. The van der Waals surface area contributed by atoms with Gasteiger partial charge < -0.3 is 25.5 Å². The summed E-state index contributed by atoms with van der Waals surface area (Å²) in [4.78, 5) is 13.5. The first-order valence-electron chi connectivity index (χ1n) is 8.75. The summed E-state index contributed by atoms with van der Waals surface area (Å²) >= 11 is 21.3. The Morgan fingerprint density at radius 3 is 0.694 bits per heavy atom. The molecule has 0 N–H and O–H groups in total. The Morgan fingerprint density at radius 2 is 0.611 bits per heavy atom. The number of hydrogen-bond donors (Lipinski definition) is 0. The van der Waals surface area contributed by atoms with E-state index in [1.54, 1.807) is 48.5 Å². The van der Waals surface area contributed by atoms with Crippen molar-refractivity contribution >= 4 is 46.4 Å². The molecule has 0 saturated carbocycles. The SMILES string of the molecule is C[O-].[O-]c1cccc(Cl)n1.[O-]c1cccc(Cl)n1.[O-]c1cccc(Cl)n1.[O-]c1cccc(Cl)n1.[Ru+2].[Ru+3]. The smallest absolute Gasteiger partial charge is 0.859 e. The van der Waals surface area contributed by atoms with Crippen LogP contribution in [0.2, 0.25) is 20.6 Å². The molecule has 0 aliphatic heterocycles. The molecule has 0 atom stereocenters. The molecule has 36 heavy (non-hydrogen) atoms. The molecule has 4 aromatic rings. The first-order valence-corrected chi connectivity index (χ1v) is 10.3. The average Bonchev–Trinajstić information content (AvgIpc) is 2.76. The number of pyridine rings is 4. The fourth-order valence-electron chi connectivity index (χ4n) is 1.56. The van der Waals surface area contributed by atoms with Gasteiger partial charge in [0.1, 0.15) is 20.6 Å². The number of nitrogens with zero attached hydrogens (tertiary/aromatic N) is 4. The molecule has 0 fully saturated rings. The van der Waals surface area contributed by atoms with Gasteiger partial charge in [-0.2, -0.15) is 7.11 Å². The first-order chi connectivity index (χ1) is 16.2. The van der Waals surface area contributed by atoms with Gasteiger partial charge in [-0.3, -0.25) is 19.9 Å². The van der Waals surface area contributed by atoms with Crippen molar-refractivity contribution in [3.63, 3.8) is 0 Å². The van der Waals surface area contributed by atoms with Crippen LogP contribution in [0.4, 0.5) is 0 Å². The zero-order valence-electron chi connectivity index (χ0n) is 18.0. The maximum atomic E-state index is 10.3. The normalized spacial score (nSPS) is 8.28. The predicted molar refractivity (Wildman–Crippen MR) is 121 cm³/mol. The van der Waals surface area contributed by atoms with Gasteiger partial charge >= 0.3 is 39.0 Å². The molecule has 1 radical (unpaired) electrons. The summed E-state index contributed by atoms with van der Waals surface area (Å²) in [5.41, 5.74) is 0. The van der Waals surface area contributed by atoms with Gasteiger partial charge in [0.05, 0.1) is 0 Å². The molecule has 4 aromatic heterocycles. The fraction of sp³-hybridized carbons (Fsp3) is 0.0476. The van der Waals surface area contributed by atoms with Crippen molar-refractivity contribution in [2.45, 2.75) is 0 Å². The van der Waals surface area contributed by atoms with Gasteiger partial charge in [-0.15, -0.1) is 0 Å². The standard InChI is InChI=1S/4C5H4ClNO.CH3O.2Ru/c4*6-4-2-1-3-5(8)7-4;1-2;;/h4*1-3H,(H,7,8);1H3;;/q;;;;-1;+2;+3/p-4. The third-order valence-corrected chi connectivity index (χ3v) is 3.60. The molecule has 15 heteroatoms. The minimum Gasteiger partial charge on any atom is -0.859 e. The van der Waals surface area contributed by atoms with Crippen molar-refractivity contribution < 1.29 is 64.5 Å². The Hall–Kier alpha value is -1.83. The number of hydrogen-bond acceptors (Lipinski definition) is 9. The van der Waals surface area contributed by atoms with Gasteiger partial charge in [-0.05, 0) is 47.8 Å². The third-order valence-electron chi connectivity index (χ3n) is 2.76. The van der Waals surface area contributed by atoms with Crippen LogP contribution < -0.4 is 25.5 Å². The summed E-state index contributed by atoms with van der Waals surface area (Å²) in [6, 6.07) is 17.9. The van der Waals surface area contributed by atoms with Crippen molar-refractivity contribution in [3.05, 3.63) is 93.4 Å². The molecule has 9 nitrogen and oxygen atoms in total. The summed E-state index contributed by atoms with van der Waals surface area (Å²) in [5.74, 6) is -1.18. The molecule has 193 valence electrons. The largest absolute Gasteiger partial charge is 3.00 e. The zero-order chi connectivity index (χ0) is 25.9. The van der Waals surface area contributed by atoms with Crippen LogP contribution in [0, 0.1) is 0 Å². The van der Waals surface area contributed by atoms with Crippen LogP contribution in [0.25, 0.3) is 0 Å². The Balaban J connectivity index is -0.000000387. The number of rotatable bonds is 0. The van der Waals surface area contributed by atoms with Crippen LogP contribution in [-0.2, 0) is 39.0 Å². The first kappa shape index (κ1) is 38.7. The minimum absolute atomic E-state index is 0. The van der Waals surface area contributed by atoms with E-state index >= 15 is 0 Å². The molecule has 4 rings (SSSR count). The van der Waals surface area contributed by atoms with E-state index in [0.717, 1.165) is 7.11 Å². The molecule has 0 saturated heterocycles. The van der Waals surface area contributed by atoms with Crippen LogP contribution in [-0.4, -0.2) is 27.0 Å². The molecule has 0 amide bonds. The van der Waals surface area contributed by atoms with Gasteiger partial charge in [0, 0.05) is 0 Å². The van der Waals surface area contributed by atoms with Crippen LogP contribution >= 0.6 is 46.4 Å². The average molecular weight is 747 g/mol. The monoisotopic (exact) mass is 747 g/mol. The Labute approximate surface area is 253 Å². The van der Waals surface area contributed by atoms with E-state index in [1.165, 1.54) is 24.3 Å². The van der Waals surface area contributed by atoms with Gasteiger partial charge in [0.25, 0.3) is 0 Å². The number of halogens is 4. The summed E-state index contributed by atoms with van der Waals surface area (Å²) in [5, 5.41) is 50.4.